The molecular formula is C16H21F2NO2. The molecule has 116 valence electrons. The number of morpholine rings is 1. The molecule has 2 aliphatic heterocycles. The predicted molar refractivity (Wildman–Crippen MR) is 75.0 cm³/mol. The minimum atomic E-state index is -0.477. The second-order valence-electron chi connectivity index (χ2n) is 6.09. The summed E-state index contributed by atoms with van der Waals surface area (Å²) in [5, 5.41) is 0. The molecule has 3 nitrogen and oxygen atoms in total. The van der Waals surface area contributed by atoms with Crippen LogP contribution in [-0.2, 0) is 16.0 Å². The highest BCUT2D eigenvalue weighted by molar-refractivity contribution is 5.19. The third-order valence-electron chi connectivity index (χ3n) is 4.33. The largest absolute Gasteiger partial charge is 0.381 e. The van der Waals surface area contributed by atoms with E-state index in [0.717, 1.165) is 12.8 Å². The van der Waals surface area contributed by atoms with Crippen LogP contribution in [-0.4, -0.2) is 42.9 Å². The highest BCUT2D eigenvalue weighted by atomic mass is 19.1. The maximum Gasteiger partial charge on any atom is 0.130 e. The lowest BCUT2D eigenvalue weighted by Gasteiger charge is -2.47. The van der Waals surface area contributed by atoms with Gasteiger partial charge in [-0.1, -0.05) is 6.07 Å². The van der Waals surface area contributed by atoms with Gasteiger partial charge in [0.15, 0.2) is 0 Å². The summed E-state index contributed by atoms with van der Waals surface area (Å²) < 4.78 is 39.2. The minimum Gasteiger partial charge on any atom is -0.381 e. The van der Waals surface area contributed by atoms with Crippen molar-refractivity contribution in [3.05, 3.63) is 35.4 Å². The number of hydrogen-bond donors (Lipinski definition) is 0. The van der Waals surface area contributed by atoms with Crippen LogP contribution in [0.25, 0.3) is 0 Å². The molecule has 0 radical (unpaired) electrons. The van der Waals surface area contributed by atoms with Crippen molar-refractivity contribution in [1.82, 2.24) is 4.90 Å². The number of hydrogen-bond acceptors (Lipinski definition) is 3. The second kappa shape index (κ2) is 5.99. The summed E-state index contributed by atoms with van der Waals surface area (Å²) in [4.78, 5) is 2.10. The van der Waals surface area contributed by atoms with E-state index in [9.17, 15) is 8.78 Å². The van der Waals surface area contributed by atoms with Gasteiger partial charge < -0.3 is 9.47 Å². The fourth-order valence-electron chi connectivity index (χ4n) is 3.38. The van der Waals surface area contributed by atoms with Gasteiger partial charge in [0.25, 0.3) is 0 Å². The Hall–Kier alpha value is -1.04. The average molecular weight is 297 g/mol. The third kappa shape index (κ3) is 3.25. The Bertz CT molecular complexity index is 483. The van der Waals surface area contributed by atoms with Crippen molar-refractivity contribution in [2.45, 2.75) is 38.0 Å². The molecule has 1 aromatic rings. The average Bonchev–Trinajstić information content (AvgIpc) is 2.43. The molecule has 2 aliphatic rings. The lowest BCUT2D eigenvalue weighted by molar-refractivity contribution is -0.185. The van der Waals surface area contributed by atoms with Gasteiger partial charge in [-0.25, -0.2) is 8.78 Å². The van der Waals surface area contributed by atoms with Gasteiger partial charge in [-0.3, -0.25) is 4.90 Å². The quantitative estimate of drug-likeness (QED) is 0.838. The smallest absolute Gasteiger partial charge is 0.130 e. The van der Waals surface area contributed by atoms with Crippen molar-refractivity contribution in [1.29, 1.82) is 0 Å². The van der Waals surface area contributed by atoms with E-state index >= 15 is 0 Å². The van der Waals surface area contributed by atoms with Gasteiger partial charge in [-0.15, -0.1) is 0 Å². The fraction of sp³-hybridized carbons (Fsp3) is 0.625. The third-order valence-corrected chi connectivity index (χ3v) is 4.33. The van der Waals surface area contributed by atoms with E-state index in [1.807, 2.05) is 6.92 Å². The lowest BCUT2D eigenvalue weighted by Crippen LogP contribution is -2.56. The molecule has 1 unspecified atom stereocenters. The molecule has 21 heavy (non-hydrogen) atoms. The van der Waals surface area contributed by atoms with E-state index < -0.39 is 11.6 Å². The Morgan fingerprint density at radius 2 is 1.90 bits per heavy atom. The Balaban J connectivity index is 1.75. The first-order valence-electron chi connectivity index (χ1n) is 7.49. The van der Waals surface area contributed by atoms with Gasteiger partial charge in [-0.2, -0.15) is 0 Å². The Morgan fingerprint density at radius 3 is 2.57 bits per heavy atom. The zero-order valence-electron chi connectivity index (χ0n) is 12.3. The van der Waals surface area contributed by atoms with Crippen molar-refractivity contribution >= 4 is 0 Å². The van der Waals surface area contributed by atoms with E-state index in [-0.39, 0.29) is 23.8 Å². The zero-order chi connectivity index (χ0) is 14.9. The summed E-state index contributed by atoms with van der Waals surface area (Å²) in [6, 6.07) is 4.02. The topological polar surface area (TPSA) is 21.7 Å². The van der Waals surface area contributed by atoms with Crippen molar-refractivity contribution in [2.24, 2.45) is 0 Å². The molecule has 0 amide bonds. The Labute approximate surface area is 123 Å². The Morgan fingerprint density at radius 1 is 1.24 bits per heavy atom. The summed E-state index contributed by atoms with van der Waals surface area (Å²) >= 11 is 0. The summed E-state index contributed by atoms with van der Waals surface area (Å²) in [7, 11) is 0. The van der Waals surface area contributed by atoms with Crippen LogP contribution in [0.2, 0.25) is 0 Å². The van der Waals surface area contributed by atoms with Crippen molar-refractivity contribution in [2.75, 3.05) is 26.3 Å². The molecule has 1 aromatic carbocycles. The number of nitrogens with zero attached hydrogens (tertiary/aromatic N) is 1. The highest BCUT2D eigenvalue weighted by Crippen LogP contribution is 2.32. The molecule has 0 aromatic heterocycles. The number of rotatable bonds is 2. The number of ether oxygens (including phenoxy) is 2. The molecule has 3 rings (SSSR count). The zero-order valence-corrected chi connectivity index (χ0v) is 12.3. The molecular weight excluding hydrogens is 276 g/mol. The Kier molecular flexibility index (Phi) is 4.24. The van der Waals surface area contributed by atoms with E-state index in [0.29, 0.717) is 26.3 Å². The van der Waals surface area contributed by atoms with E-state index in [4.69, 9.17) is 9.47 Å². The van der Waals surface area contributed by atoms with Gasteiger partial charge in [0.2, 0.25) is 0 Å². The lowest BCUT2D eigenvalue weighted by atomic mass is 9.91. The standard InChI is InChI=1S/C16H21F2NO2/c1-12-9-19(10-13-14(17)3-2-4-15(13)18)11-16(21-12)5-7-20-8-6-16/h2-4,12H,5-11H2,1H3. The predicted octanol–water partition coefficient (Wildman–Crippen LogP) is 2.73. The van der Waals surface area contributed by atoms with Crippen molar-refractivity contribution < 1.29 is 18.3 Å². The molecule has 0 N–H and O–H groups in total. The van der Waals surface area contributed by atoms with E-state index in [2.05, 4.69) is 4.90 Å². The normalized spacial score (nSPS) is 26.1. The first kappa shape index (κ1) is 14.9. The molecule has 1 atom stereocenters. The van der Waals surface area contributed by atoms with Gasteiger partial charge in [0, 0.05) is 51.3 Å². The molecule has 2 heterocycles. The van der Waals surface area contributed by atoms with Crippen molar-refractivity contribution in [3.63, 3.8) is 0 Å². The SMILES string of the molecule is CC1CN(Cc2c(F)cccc2F)CC2(CCOCC2)O1. The van der Waals surface area contributed by atoms with Crippen LogP contribution >= 0.6 is 0 Å². The minimum absolute atomic E-state index is 0.0617. The monoisotopic (exact) mass is 297 g/mol. The van der Waals surface area contributed by atoms with Crippen LogP contribution in [0.1, 0.15) is 25.3 Å². The van der Waals surface area contributed by atoms with E-state index in [1.165, 1.54) is 18.2 Å². The second-order valence-corrected chi connectivity index (χ2v) is 6.09. The maximum atomic E-state index is 13.8. The number of benzene rings is 1. The summed E-state index contributed by atoms with van der Waals surface area (Å²) in [5.41, 5.74) is -0.0775. The molecule has 5 heteroatoms. The van der Waals surface area contributed by atoms with Crippen LogP contribution in [0.5, 0.6) is 0 Å². The van der Waals surface area contributed by atoms with E-state index in [1.54, 1.807) is 0 Å². The van der Waals surface area contributed by atoms with Crippen LogP contribution in [0, 0.1) is 11.6 Å². The van der Waals surface area contributed by atoms with Crippen LogP contribution in [0.15, 0.2) is 18.2 Å². The van der Waals surface area contributed by atoms with Gasteiger partial charge >= 0.3 is 0 Å². The van der Waals surface area contributed by atoms with Gasteiger partial charge in [0.05, 0.1) is 11.7 Å². The summed E-state index contributed by atoms with van der Waals surface area (Å²) in [5.74, 6) is -0.953. The maximum absolute atomic E-state index is 13.8. The molecule has 0 saturated carbocycles. The van der Waals surface area contributed by atoms with Gasteiger partial charge in [0.1, 0.15) is 11.6 Å². The first-order valence-corrected chi connectivity index (χ1v) is 7.49. The van der Waals surface area contributed by atoms with Crippen LogP contribution in [0.4, 0.5) is 8.78 Å². The summed E-state index contributed by atoms with van der Waals surface area (Å²) in [6.45, 7) is 5.07. The van der Waals surface area contributed by atoms with Gasteiger partial charge in [-0.05, 0) is 19.1 Å². The molecule has 0 aliphatic carbocycles. The molecule has 2 fully saturated rings. The molecule has 2 saturated heterocycles. The van der Waals surface area contributed by atoms with Crippen LogP contribution < -0.4 is 0 Å². The molecule has 0 bridgehead atoms. The fourth-order valence-corrected chi connectivity index (χ4v) is 3.38. The molecule has 1 spiro atoms. The highest BCUT2D eigenvalue weighted by Gasteiger charge is 2.40. The van der Waals surface area contributed by atoms with Crippen molar-refractivity contribution in [3.8, 4) is 0 Å². The number of halogens is 2. The first-order chi connectivity index (χ1) is 10.1. The van der Waals surface area contributed by atoms with Crippen LogP contribution in [0.3, 0.4) is 0 Å². The summed E-state index contributed by atoms with van der Waals surface area (Å²) in [6.07, 6.45) is 1.74.